The monoisotopic (exact) mass is 461 g/mol. The number of unbranched alkanes of at least 4 members (excludes halogenated alkanes) is 1. The summed E-state index contributed by atoms with van der Waals surface area (Å²) >= 11 is 6.91. The lowest BCUT2D eigenvalue weighted by molar-refractivity contribution is 0.250. The summed E-state index contributed by atoms with van der Waals surface area (Å²) in [7, 11) is 0. The molecule has 0 radical (unpaired) electrons. The average molecular weight is 462 g/mol. The van der Waals surface area contributed by atoms with Gasteiger partial charge in [0.2, 0.25) is 0 Å². The molecule has 33 heavy (non-hydrogen) atoms. The molecule has 3 heteroatoms. The van der Waals surface area contributed by atoms with Crippen LogP contribution in [0.1, 0.15) is 56.2 Å². The van der Waals surface area contributed by atoms with E-state index in [0.717, 1.165) is 52.6 Å². The Hall–Kier alpha value is -2.55. The van der Waals surface area contributed by atoms with E-state index in [1.165, 1.54) is 32.4 Å². The summed E-state index contributed by atoms with van der Waals surface area (Å²) in [5.74, 6) is 0.904. The van der Waals surface area contributed by atoms with E-state index >= 15 is 0 Å². The molecule has 0 bridgehead atoms. The van der Waals surface area contributed by atoms with Crippen LogP contribution >= 0.6 is 11.6 Å². The predicted molar refractivity (Wildman–Crippen MR) is 143 cm³/mol. The van der Waals surface area contributed by atoms with Gasteiger partial charge in [-0.25, -0.2) is 0 Å². The molecule has 3 rings (SSSR count). The molecule has 0 fully saturated rings. The number of ether oxygens (including phenoxy) is 1. The molecule has 0 N–H and O–H groups in total. The molecule has 0 aliphatic rings. The van der Waals surface area contributed by atoms with Crippen LogP contribution in [0.15, 0.2) is 84.9 Å². The first-order valence-corrected chi connectivity index (χ1v) is 12.6. The third kappa shape index (κ3) is 7.77. The van der Waals surface area contributed by atoms with E-state index in [9.17, 15) is 0 Å². The van der Waals surface area contributed by atoms with Crippen molar-refractivity contribution < 1.29 is 4.74 Å². The van der Waals surface area contributed by atoms with Gasteiger partial charge in [-0.05, 0) is 74.1 Å². The number of benzene rings is 3. The van der Waals surface area contributed by atoms with Crippen LogP contribution in [0.5, 0.6) is 5.75 Å². The summed E-state index contributed by atoms with van der Waals surface area (Å²) in [4.78, 5) is 2.56. The Morgan fingerprint density at radius 3 is 1.79 bits per heavy atom. The van der Waals surface area contributed by atoms with E-state index in [4.69, 9.17) is 16.3 Å². The van der Waals surface area contributed by atoms with Gasteiger partial charge in [0.1, 0.15) is 5.75 Å². The summed E-state index contributed by atoms with van der Waals surface area (Å²) in [5, 5.41) is 0.749. The number of halogens is 1. The smallest absolute Gasteiger partial charge is 0.119 e. The summed E-state index contributed by atoms with van der Waals surface area (Å²) in [6.45, 7) is 8.80. The number of hydrogen-bond acceptors (Lipinski definition) is 2. The highest BCUT2D eigenvalue weighted by Crippen LogP contribution is 2.35. The van der Waals surface area contributed by atoms with Gasteiger partial charge in [0.05, 0.1) is 11.6 Å². The van der Waals surface area contributed by atoms with Gasteiger partial charge in [-0.15, -0.1) is 0 Å². The molecule has 0 aromatic heterocycles. The molecule has 3 aromatic carbocycles. The molecule has 0 aliphatic carbocycles. The molecule has 0 unspecified atom stereocenters. The highest BCUT2D eigenvalue weighted by molar-refractivity contribution is 6.53. The Labute approximate surface area is 204 Å². The van der Waals surface area contributed by atoms with Crippen molar-refractivity contribution in [2.75, 3.05) is 26.2 Å². The second-order valence-corrected chi connectivity index (χ2v) is 8.72. The quantitative estimate of drug-likeness (QED) is 0.188. The lowest BCUT2D eigenvalue weighted by Gasteiger charge is -2.20. The van der Waals surface area contributed by atoms with Crippen LogP contribution in [0.2, 0.25) is 0 Å². The molecule has 0 saturated heterocycles. The van der Waals surface area contributed by atoms with Gasteiger partial charge in [0, 0.05) is 5.57 Å². The van der Waals surface area contributed by atoms with Gasteiger partial charge < -0.3 is 9.64 Å². The zero-order chi connectivity index (χ0) is 23.3. The van der Waals surface area contributed by atoms with Gasteiger partial charge >= 0.3 is 0 Å². The lowest BCUT2D eigenvalue weighted by Crippen LogP contribution is -2.26. The van der Waals surface area contributed by atoms with Crippen molar-refractivity contribution in [3.8, 4) is 5.75 Å². The van der Waals surface area contributed by atoms with Crippen molar-refractivity contribution in [3.63, 3.8) is 0 Å². The van der Waals surface area contributed by atoms with Crippen LogP contribution in [0.4, 0.5) is 0 Å². The second kappa shape index (κ2) is 13.9. The molecule has 0 saturated carbocycles. The summed E-state index contributed by atoms with van der Waals surface area (Å²) in [6.07, 6.45) is 4.68. The van der Waals surface area contributed by atoms with E-state index in [1.807, 2.05) is 60.7 Å². The maximum Gasteiger partial charge on any atom is 0.119 e. The maximum absolute atomic E-state index is 6.91. The lowest BCUT2D eigenvalue weighted by atomic mass is 9.95. The Morgan fingerprint density at radius 2 is 1.21 bits per heavy atom. The topological polar surface area (TPSA) is 12.5 Å². The number of rotatable bonds is 13. The summed E-state index contributed by atoms with van der Waals surface area (Å²) < 4.78 is 6.03. The van der Waals surface area contributed by atoms with Crippen LogP contribution in [0, 0.1) is 0 Å². The Bertz CT molecular complexity index is 961. The van der Waals surface area contributed by atoms with E-state index in [-0.39, 0.29) is 0 Å². The van der Waals surface area contributed by atoms with Crippen LogP contribution in [-0.4, -0.2) is 31.1 Å². The number of nitrogens with zero attached hydrogens (tertiary/aromatic N) is 1. The van der Waals surface area contributed by atoms with Crippen LogP contribution < -0.4 is 4.74 Å². The molecule has 2 nitrogen and oxygen atoms in total. The molecule has 0 atom stereocenters. The Kier molecular flexibility index (Phi) is 10.5. The van der Waals surface area contributed by atoms with Crippen molar-refractivity contribution in [1.29, 1.82) is 0 Å². The van der Waals surface area contributed by atoms with Crippen molar-refractivity contribution in [3.05, 3.63) is 102 Å². The number of hydrogen-bond donors (Lipinski definition) is 0. The largest absolute Gasteiger partial charge is 0.494 e. The van der Waals surface area contributed by atoms with Gasteiger partial charge in [-0.3, -0.25) is 0 Å². The van der Waals surface area contributed by atoms with E-state index in [2.05, 4.69) is 43.0 Å². The Balaban J connectivity index is 1.65. The summed E-state index contributed by atoms with van der Waals surface area (Å²) in [6, 6.07) is 28.8. The first kappa shape index (κ1) is 25.1. The SMILES string of the molecule is CCCN(CCC)CCCCOc1ccc(/C(=C(/Cl)c2ccccc2)c2ccccc2)cc1. The van der Waals surface area contributed by atoms with Crippen molar-refractivity contribution in [1.82, 2.24) is 4.90 Å². The fourth-order valence-electron chi connectivity index (χ4n) is 4.07. The van der Waals surface area contributed by atoms with Gasteiger partial charge in [-0.1, -0.05) is 98.2 Å². The van der Waals surface area contributed by atoms with E-state index in [0.29, 0.717) is 0 Å². The average Bonchev–Trinajstić information content (AvgIpc) is 2.86. The minimum Gasteiger partial charge on any atom is -0.494 e. The van der Waals surface area contributed by atoms with E-state index in [1.54, 1.807) is 0 Å². The molecule has 0 amide bonds. The van der Waals surface area contributed by atoms with Gasteiger partial charge in [-0.2, -0.15) is 0 Å². The molecule has 0 heterocycles. The molecule has 3 aromatic rings. The highest BCUT2D eigenvalue weighted by atomic mass is 35.5. The predicted octanol–water partition coefficient (Wildman–Crippen LogP) is 8.12. The van der Waals surface area contributed by atoms with Crippen LogP contribution in [0.25, 0.3) is 10.6 Å². The normalized spacial score (nSPS) is 12.0. The minimum absolute atomic E-state index is 0.748. The van der Waals surface area contributed by atoms with Gasteiger partial charge in [0.15, 0.2) is 0 Å². The van der Waals surface area contributed by atoms with Crippen molar-refractivity contribution in [2.45, 2.75) is 39.5 Å². The standard InChI is InChI=1S/C30H36ClNO/c1-3-21-32(22-4-2)23-11-12-24-33-28-19-17-26(18-20-28)29(25-13-7-5-8-14-25)30(31)27-15-9-6-10-16-27/h5-10,13-20H,3-4,11-12,21-24H2,1-2H3/b30-29+. The molecule has 174 valence electrons. The maximum atomic E-state index is 6.91. The minimum atomic E-state index is 0.748. The second-order valence-electron chi connectivity index (χ2n) is 8.34. The third-order valence-electron chi connectivity index (χ3n) is 5.67. The Morgan fingerprint density at radius 1 is 0.667 bits per heavy atom. The van der Waals surface area contributed by atoms with Crippen molar-refractivity contribution >= 4 is 22.2 Å². The molecular weight excluding hydrogens is 426 g/mol. The van der Waals surface area contributed by atoms with Gasteiger partial charge in [0.25, 0.3) is 0 Å². The van der Waals surface area contributed by atoms with Crippen molar-refractivity contribution in [2.24, 2.45) is 0 Å². The molecule has 0 aliphatic heterocycles. The summed E-state index contributed by atoms with van der Waals surface area (Å²) in [5.41, 5.74) is 4.22. The third-order valence-corrected chi connectivity index (χ3v) is 6.08. The van der Waals surface area contributed by atoms with E-state index < -0.39 is 0 Å². The first-order chi connectivity index (χ1) is 16.2. The fourth-order valence-corrected chi connectivity index (χ4v) is 4.41. The molecular formula is C30H36ClNO. The fraction of sp³-hybridized carbons (Fsp3) is 0.333. The van der Waals surface area contributed by atoms with Crippen LogP contribution in [-0.2, 0) is 0 Å². The van der Waals surface area contributed by atoms with Crippen LogP contribution in [0.3, 0.4) is 0 Å². The first-order valence-electron chi connectivity index (χ1n) is 12.2. The molecule has 0 spiro atoms. The highest BCUT2D eigenvalue weighted by Gasteiger charge is 2.12. The zero-order valence-corrected chi connectivity index (χ0v) is 20.7. The zero-order valence-electron chi connectivity index (χ0n) is 20.0.